The second-order valence-electron chi connectivity index (χ2n) is 5.65. The molecule has 1 aromatic rings. The molecule has 0 heterocycles. The van der Waals surface area contributed by atoms with Gasteiger partial charge in [0, 0.05) is 5.54 Å². The number of halogens is 2. The highest BCUT2D eigenvalue weighted by Gasteiger charge is 2.13. The van der Waals surface area contributed by atoms with Crippen LogP contribution in [0.15, 0.2) is 18.2 Å². The highest BCUT2D eigenvalue weighted by molar-refractivity contribution is 6.30. The molecule has 0 fully saturated rings. The predicted molar refractivity (Wildman–Crippen MR) is 72.0 cm³/mol. The molecule has 0 aliphatic rings. The van der Waals surface area contributed by atoms with Crippen LogP contribution in [-0.4, -0.2) is 12.1 Å². The quantitative estimate of drug-likeness (QED) is 0.858. The van der Waals surface area contributed by atoms with Crippen LogP contribution < -0.4 is 5.32 Å². The van der Waals surface area contributed by atoms with Gasteiger partial charge in [-0.1, -0.05) is 30.7 Å². The molecule has 1 aromatic carbocycles. The number of hydrogen-bond acceptors (Lipinski definition) is 1. The normalized spacial score (nSPS) is 13.8. The van der Waals surface area contributed by atoms with Gasteiger partial charge in [-0.3, -0.25) is 0 Å². The smallest absolute Gasteiger partial charge is 0.144 e. The minimum absolute atomic E-state index is 0.0984. The first-order valence-corrected chi connectivity index (χ1v) is 6.35. The Morgan fingerprint density at radius 3 is 2.59 bits per heavy atom. The molecule has 1 nitrogen and oxygen atoms in total. The molecule has 3 heteroatoms. The van der Waals surface area contributed by atoms with Crippen LogP contribution in [0, 0.1) is 11.7 Å². The molecule has 0 saturated heterocycles. The summed E-state index contributed by atoms with van der Waals surface area (Å²) in [7, 11) is 0. The number of nitrogens with one attached hydrogen (secondary N) is 1. The average Bonchev–Trinajstić information content (AvgIpc) is 2.21. The zero-order valence-corrected chi connectivity index (χ0v) is 11.7. The molecular weight excluding hydrogens is 237 g/mol. The molecule has 17 heavy (non-hydrogen) atoms. The van der Waals surface area contributed by atoms with Gasteiger partial charge in [0.2, 0.25) is 0 Å². The third kappa shape index (κ3) is 5.05. The fourth-order valence-corrected chi connectivity index (χ4v) is 1.83. The lowest BCUT2D eigenvalue weighted by molar-refractivity contribution is 0.379. The Balaban J connectivity index is 2.56. The molecule has 0 bridgehead atoms. The summed E-state index contributed by atoms with van der Waals surface area (Å²) in [5.74, 6) is 0.0963. The topological polar surface area (TPSA) is 12.0 Å². The minimum atomic E-state index is -0.281. The SMILES string of the molecule is CC(CNC(C)(C)C)Cc1cccc(Cl)c1F. The van der Waals surface area contributed by atoms with Crippen LogP contribution in [0.3, 0.4) is 0 Å². The molecule has 0 aromatic heterocycles. The third-order valence-corrected chi connectivity index (χ3v) is 2.87. The number of benzene rings is 1. The van der Waals surface area contributed by atoms with Gasteiger partial charge in [0.15, 0.2) is 0 Å². The van der Waals surface area contributed by atoms with Crippen molar-refractivity contribution in [3.8, 4) is 0 Å². The lowest BCUT2D eigenvalue weighted by Crippen LogP contribution is -2.39. The summed E-state index contributed by atoms with van der Waals surface area (Å²) >= 11 is 5.76. The van der Waals surface area contributed by atoms with E-state index in [0.717, 1.165) is 6.54 Å². The molecule has 0 amide bonds. The Morgan fingerprint density at radius 2 is 2.00 bits per heavy atom. The van der Waals surface area contributed by atoms with Crippen LogP contribution >= 0.6 is 11.6 Å². The summed E-state index contributed by atoms with van der Waals surface area (Å²) in [6.45, 7) is 9.35. The van der Waals surface area contributed by atoms with Gasteiger partial charge >= 0.3 is 0 Å². The molecule has 0 spiro atoms. The molecule has 96 valence electrons. The predicted octanol–water partition coefficient (Wildman–Crippen LogP) is 4.05. The van der Waals surface area contributed by atoms with Gasteiger partial charge in [-0.05, 0) is 51.3 Å². The fourth-order valence-electron chi connectivity index (χ4n) is 1.63. The highest BCUT2D eigenvalue weighted by Crippen LogP contribution is 2.20. The zero-order chi connectivity index (χ0) is 13.1. The molecule has 0 radical (unpaired) electrons. The molecule has 0 saturated carbocycles. The van der Waals surface area contributed by atoms with Crippen molar-refractivity contribution in [1.29, 1.82) is 0 Å². The van der Waals surface area contributed by atoms with E-state index in [-0.39, 0.29) is 16.4 Å². The van der Waals surface area contributed by atoms with Crippen molar-refractivity contribution in [2.75, 3.05) is 6.54 Å². The van der Waals surface area contributed by atoms with Crippen molar-refractivity contribution < 1.29 is 4.39 Å². The van der Waals surface area contributed by atoms with E-state index in [2.05, 4.69) is 33.0 Å². The molecule has 1 atom stereocenters. The Hall–Kier alpha value is -0.600. The monoisotopic (exact) mass is 257 g/mol. The van der Waals surface area contributed by atoms with Gasteiger partial charge in [-0.2, -0.15) is 0 Å². The molecule has 1 N–H and O–H groups in total. The molecule has 1 unspecified atom stereocenters. The summed E-state index contributed by atoms with van der Waals surface area (Å²) in [5, 5.41) is 3.63. The minimum Gasteiger partial charge on any atom is -0.312 e. The van der Waals surface area contributed by atoms with Gasteiger partial charge < -0.3 is 5.32 Å². The van der Waals surface area contributed by atoms with E-state index in [4.69, 9.17) is 11.6 Å². The van der Waals surface area contributed by atoms with Crippen LogP contribution in [0.25, 0.3) is 0 Å². The molecular formula is C14H21ClFN. The summed E-state index contributed by atoms with van der Waals surface area (Å²) in [5.41, 5.74) is 0.793. The van der Waals surface area contributed by atoms with Gasteiger partial charge in [0.1, 0.15) is 5.82 Å². The first-order chi connectivity index (χ1) is 7.79. The van der Waals surface area contributed by atoms with Crippen LogP contribution in [0.2, 0.25) is 5.02 Å². The lowest BCUT2D eigenvalue weighted by atomic mass is 9.99. The van der Waals surface area contributed by atoms with E-state index in [0.29, 0.717) is 17.9 Å². The fraction of sp³-hybridized carbons (Fsp3) is 0.571. The Morgan fingerprint density at radius 1 is 1.35 bits per heavy atom. The third-order valence-electron chi connectivity index (χ3n) is 2.58. The van der Waals surface area contributed by atoms with Crippen molar-refractivity contribution in [2.45, 2.75) is 39.7 Å². The van der Waals surface area contributed by atoms with E-state index < -0.39 is 0 Å². The molecule has 0 aliphatic heterocycles. The van der Waals surface area contributed by atoms with Gasteiger partial charge in [0.05, 0.1) is 5.02 Å². The standard InChI is InChI=1S/C14H21ClFN/c1-10(9-17-14(2,3)4)8-11-6-5-7-12(15)13(11)16/h5-7,10,17H,8-9H2,1-4H3. The van der Waals surface area contributed by atoms with Crippen molar-refractivity contribution in [3.63, 3.8) is 0 Å². The maximum atomic E-state index is 13.7. The second-order valence-corrected chi connectivity index (χ2v) is 6.06. The summed E-state index contributed by atoms with van der Waals surface area (Å²) in [4.78, 5) is 0. The first kappa shape index (κ1) is 14.5. The van der Waals surface area contributed by atoms with Crippen molar-refractivity contribution in [1.82, 2.24) is 5.32 Å². The summed E-state index contributed by atoms with van der Waals surface area (Å²) < 4.78 is 13.7. The largest absolute Gasteiger partial charge is 0.312 e. The maximum absolute atomic E-state index is 13.7. The Bertz CT molecular complexity index is 371. The molecule has 1 rings (SSSR count). The van der Waals surface area contributed by atoms with E-state index in [1.54, 1.807) is 18.2 Å². The average molecular weight is 258 g/mol. The van der Waals surface area contributed by atoms with Gasteiger partial charge in [-0.15, -0.1) is 0 Å². The first-order valence-electron chi connectivity index (χ1n) is 5.97. The van der Waals surface area contributed by atoms with Gasteiger partial charge in [0.25, 0.3) is 0 Å². The van der Waals surface area contributed by atoms with Crippen molar-refractivity contribution >= 4 is 11.6 Å². The Labute approximate surface area is 108 Å². The van der Waals surface area contributed by atoms with Gasteiger partial charge in [-0.25, -0.2) is 4.39 Å². The summed E-state index contributed by atoms with van der Waals surface area (Å²) in [6, 6.07) is 5.18. The molecule has 0 aliphatic carbocycles. The van der Waals surface area contributed by atoms with Crippen molar-refractivity contribution in [2.24, 2.45) is 5.92 Å². The van der Waals surface area contributed by atoms with E-state index in [1.165, 1.54) is 0 Å². The second kappa shape index (κ2) is 5.83. The van der Waals surface area contributed by atoms with Crippen LogP contribution in [-0.2, 0) is 6.42 Å². The van der Waals surface area contributed by atoms with E-state index in [1.807, 2.05) is 0 Å². The van der Waals surface area contributed by atoms with E-state index in [9.17, 15) is 4.39 Å². The van der Waals surface area contributed by atoms with Crippen LogP contribution in [0.5, 0.6) is 0 Å². The number of rotatable bonds is 4. The highest BCUT2D eigenvalue weighted by atomic mass is 35.5. The summed E-state index contributed by atoms with van der Waals surface area (Å²) in [6.07, 6.45) is 0.704. The lowest BCUT2D eigenvalue weighted by Gasteiger charge is -2.23. The van der Waals surface area contributed by atoms with E-state index >= 15 is 0 Å². The number of hydrogen-bond donors (Lipinski definition) is 1. The van der Waals surface area contributed by atoms with Crippen LogP contribution in [0.4, 0.5) is 4.39 Å². The van der Waals surface area contributed by atoms with Crippen molar-refractivity contribution in [3.05, 3.63) is 34.6 Å². The Kier molecular flexibility index (Phi) is 4.96. The van der Waals surface area contributed by atoms with Crippen LogP contribution in [0.1, 0.15) is 33.3 Å². The zero-order valence-electron chi connectivity index (χ0n) is 11.0. The maximum Gasteiger partial charge on any atom is 0.144 e.